The number of thioether (sulfide) groups is 1. The Balaban J connectivity index is 1.56. The molecular weight excluding hydrogens is 414 g/mol. The Kier molecular flexibility index (Phi) is 6.84. The smallest absolute Gasteiger partial charge is 0.277 e. The van der Waals surface area contributed by atoms with Gasteiger partial charge in [-0.15, -0.1) is 10.2 Å². The Morgan fingerprint density at radius 2 is 2.21 bits per heavy atom. The van der Waals surface area contributed by atoms with E-state index in [0.717, 1.165) is 17.3 Å². The number of aryl methyl sites for hydroxylation is 1. The molecule has 2 atom stereocenters. The number of nitrogens with zero attached hydrogens (tertiary/aromatic N) is 3. The molecule has 0 aliphatic carbocycles. The lowest BCUT2D eigenvalue weighted by molar-refractivity contribution is -0.131. The predicted molar refractivity (Wildman–Crippen MR) is 110 cm³/mol. The summed E-state index contributed by atoms with van der Waals surface area (Å²) >= 11 is 1.16. The molecular formula is C19H25N3O5S2. The lowest BCUT2D eigenvalue weighted by Gasteiger charge is -2.28. The molecule has 0 spiro atoms. The van der Waals surface area contributed by atoms with E-state index in [1.165, 1.54) is 0 Å². The first-order chi connectivity index (χ1) is 13.8. The fourth-order valence-electron chi connectivity index (χ4n) is 3.24. The molecule has 1 aliphatic heterocycles. The van der Waals surface area contributed by atoms with Crippen LogP contribution in [0.2, 0.25) is 0 Å². The second kappa shape index (κ2) is 9.17. The van der Waals surface area contributed by atoms with Crippen molar-refractivity contribution < 1.29 is 22.4 Å². The Morgan fingerprint density at radius 1 is 1.41 bits per heavy atom. The van der Waals surface area contributed by atoms with Gasteiger partial charge in [0.05, 0.1) is 16.8 Å². The van der Waals surface area contributed by atoms with Crippen LogP contribution in [0, 0.1) is 6.92 Å². The normalized spacial score (nSPS) is 19.1. The number of benzene rings is 1. The number of amides is 1. The molecule has 3 rings (SSSR count). The fraction of sp³-hybridized carbons (Fsp3) is 0.526. The first kappa shape index (κ1) is 21.6. The predicted octanol–water partition coefficient (Wildman–Crippen LogP) is 2.47. The standard InChI is InChI=1S/C19H25N3O5S2/c1-4-22(15-8-9-29(24,25)12-15)18(23)14(3)28-19-21-20-17(27-19)11-26-16-7-5-6-13(2)10-16/h5-7,10,14-15H,4,8-9,11-12H2,1-3H3. The van der Waals surface area contributed by atoms with E-state index in [0.29, 0.717) is 24.6 Å². The number of sulfone groups is 1. The number of carbonyl (C=O) groups is 1. The average Bonchev–Trinajstić information content (AvgIpc) is 3.26. The van der Waals surface area contributed by atoms with Crippen LogP contribution < -0.4 is 4.74 Å². The van der Waals surface area contributed by atoms with Crippen molar-refractivity contribution in [2.75, 3.05) is 18.1 Å². The van der Waals surface area contributed by atoms with E-state index >= 15 is 0 Å². The molecule has 0 N–H and O–H groups in total. The second-order valence-corrected chi connectivity index (χ2v) is 10.5. The Bertz CT molecular complexity index is 960. The lowest BCUT2D eigenvalue weighted by Crippen LogP contribution is -2.44. The molecule has 0 bridgehead atoms. The van der Waals surface area contributed by atoms with Crippen molar-refractivity contribution in [3.05, 3.63) is 35.7 Å². The maximum Gasteiger partial charge on any atom is 0.277 e. The molecule has 1 fully saturated rings. The van der Waals surface area contributed by atoms with Crippen LogP contribution in [0.1, 0.15) is 31.7 Å². The third-order valence-electron chi connectivity index (χ3n) is 4.70. The number of aromatic nitrogens is 2. The zero-order valence-corrected chi connectivity index (χ0v) is 18.3. The van der Waals surface area contributed by atoms with Crippen LogP contribution in [0.25, 0.3) is 0 Å². The molecule has 0 saturated carbocycles. The number of ether oxygens (including phenoxy) is 1. The Labute approximate surface area is 174 Å². The van der Waals surface area contributed by atoms with Crippen molar-refractivity contribution in [3.8, 4) is 5.75 Å². The number of hydrogen-bond acceptors (Lipinski definition) is 8. The van der Waals surface area contributed by atoms with Crippen molar-refractivity contribution >= 4 is 27.5 Å². The highest BCUT2D eigenvalue weighted by atomic mass is 32.2. The van der Waals surface area contributed by atoms with E-state index in [-0.39, 0.29) is 35.3 Å². The third-order valence-corrected chi connectivity index (χ3v) is 7.37. The van der Waals surface area contributed by atoms with Gasteiger partial charge < -0.3 is 14.1 Å². The maximum atomic E-state index is 12.8. The number of rotatable bonds is 8. The van der Waals surface area contributed by atoms with Gasteiger partial charge in [0.25, 0.3) is 11.1 Å². The zero-order valence-electron chi connectivity index (χ0n) is 16.7. The van der Waals surface area contributed by atoms with E-state index in [9.17, 15) is 13.2 Å². The summed E-state index contributed by atoms with van der Waals surface area (Å²) in [5.41, 5.74) is 1.09. The van der Waals surface area contributed by atoms with Gasteiger partial charge in [-0.1, -0.05) is 23.9 Å². The average molecular weight is 440 g/mol. The molecule has 158 valence electrons. The van der Waals surface area contributed by atoms with Crippen molar-refractivity contribution in [1.29, 1.82) is 0 Å². The van der Waals surface area contributed by atoms with Crippen molar-refractivity contribution in [1.82, 2.24) is 15.1 Å². The van der Waals surface area contributed by atoms with Crippen LogP contribution in [0.3, 0.4) is 0 Å². The first-order valence-electron chi connectivity index (χ1n) is 9.47. The topological polar surface area (TPSA) is 103 Å². The van der Waals surface area contributed by atoms with Crippen molar-refractivity contribution in [3.63, 3.8) is 0 Å². The molecule has 1 aromatic carbocycles. The molecule has 1 aliphatic rings. The van der Waals surface area contributed by atoms with Gasteiger partial charge in [-0.05, 0) is 44.9 Å². The quantitative estimate of drug-likeness (QED) is 0.578. The van der Waals surface area contributed by atoms with E-state index < -0.39 is 15.1 Å². The minimum atomic E-state index is -3.05. The minimum absolute atomic E-state index is 0.0327. The van der Waals surface area contributed by atoms with Gasteiger partial charge in [0, 0.05) is 12.6 Å². The first-order valence-corrected chi connectivity index (χ1v) is 12.2. The van der Waals surface area contributed by atoms with Gasteiger partial charge >= 0.3 is 0 Å². The molecule has 29 heavy (non-hydrogen) atoms. The molecule has 2 aromatic rings. The van der Waals surface area contributed by atoms with Gasteiger partial charge in [-0.25, -0.2) is 8.42 Å². The van der Waals surface area contributed by atoms with Gasteiger partial charge in [-0.2, -0.15) is 0 Å². The van der Waals surface area contributed by atoms with E-state index in [1.54, 1.807) is 11.8 Å². The lowest BCUT2D eigenvalue weighted by atomic mass is 10.2. The third kappa shape index (κ3) is 5.72. The molecule has 1 amide bonds. The highest BCUT2D eigenvalue weighted by molar-refractivity contribution is 8.00. The van der Waals surface area contributed by atoms with Gasteiger partial charge in [-0.3, -0.25) is 4.79 Å². The molecule has 0 radical (unpaired) electrons. The highest BCUT2D eigenvalue weighted by Gasteiger charge is 2.35. The summed E-state index contributed by atoms with van der Waals surface area (Å²) in [6, 6.07) is 7.38. The summed E-state index contributed by atoms with van der Waals surface area (Å²) in [5, 5.41) is 7.75. The molecule has 2 heterocycles. The molecule has 1 aromatic heterocycles. The van der Waals surface area contributed by atoms with Crippen molar-refractivity contribution in [2.24, 2.45) is 0 Å². The van der Waals surface area contributed by atoms with Crippen LogP contribution in [0.4, 0.5) is 0 Å². The van der Waals surface area contributed by atoms with Gasteiger partial charge in [0.15, 0.2) is 16.4 Å². The highest BCUT2D eigenvalue weighted by Crippen LogP contribution is 2.26. The van der Waals surface area contributed by atoms with Crippen LogP contribution in [0.5, 0.6) is 5.75 Å². The Morgan fingerprint density at radius 3 is 2.86 bits per heavy atom. The van der Waals surface area contributed by atoms with Crippen LogP contribution in [0.15, 0.2) is 33.9 Å². The van der Waals surface area contributed by atoms with Crippen molar-refractivity contribution in [2.45, 2.75) is 50.3 Å². The zero-order chi connectivity index (χ0) is 21.0. The summed E-state index contributed by atoms with van der Waals surface area (Å²) < 4.78 is 34.7. The van der Waals surface area contributed by atoms with E-state index in [4.69, 9.17) is 9.15 Å². The Hall–Kier alpha value is -2.07. The van der Waals surface area contributed by atoms with Gasteiger partial charge in [0.1, 0.15) is 5.75 Å². The number of hydrogen-bond donors (Lipinski definition) is 0. The second-order valence-electron chi connectivity index (χ2n) is 7.01. The monoisotopic (exact) mass is 439 g/mol. The summed E-state index contributed by atoms with van der Waals surface area (Å²) in [7, 11) is -3.05. The van der Waals surface area contributed by atoms with E-state index in [2.05, 4.69) is 10.2 Å². The minimum Gasteiger partial charge on any atom is -0.484 e. The van der Waals surface area contributed by atoms with E-state index in [1.807, 2.05) is 38.1 Å². The SMILES string of the molecule is CCN(C(=O)C(C)Sc1nnc(COc2cccc(C)c2)o1)C1CCS(=O)(=O)C1. The maximum absolute atomic E-state index is 12.8. The van der Waals surface area contributed by atoms with Crippen LogP contribution in [-0.4, -0.2) is 58.8 Å². The van der Waals surface area contributed by atoms with Gasteiger partial charge in [0.2, 0.25) is 5.91 Å². The van der Waals surface area contributed by atoms with Crippen LogP contribution in [-0.2, 0) is 21.2 Å². The fourth-order valence-corrected chi connectivity index (χ4v) is 5.75. The summed E-state index contributed by atoms with van der Waals surface area (Å²) in [4.78, 5) is 14.5. The molecule has 1 saturated heterocycles. The summed E-state index contributed by atoms with van der Waals surface area (Å²) in [5.74, 6) is 1.08. The summed E-state index contributed by atoms with van der Waals surface area (Å²) in [6.07, 6.45) is 0.486. The summed E-state index contributed by atoms with van der Waals surface area (Å²) in [6.45, 7) is 6.19. The van der Waals surface area contributed by atoms with Crippen LogP contribution >= 0.6 is 11.8 Å². The molecule has 2 unspecified atom stereocenters. The largest absolute Gasteiger partial charge is 0.484 e. The molecule has 10 heteroatoms. The molecule has 8 nitrogen and oxygen atoms in total. The number of carbonyl (C=O) groups excluding carboxylic acids is 1.